The van der Waals surface area contributed by atoms with Crippen LogP contribution in [0.3, 0.4) is 0 Å². The normalized spacial score (nSPS) is 17.7. The van der Waals surface area contributed by atoms with E-state index in [2.05, 4.69) is 4.98 Å². The van der Waals surface area contributed by atoms with Gasteiger partial charge in [-0.2, -0.15) is 0 Å². The summed E-state index contributed by atoms with van der Waals surface area (Å²) in [6, 6.07) is 9.66. The van der Waals surface area contributed by atoms with Gasteiger partial charge in [0, 0.05) is 29.4 Å². The van der Waals surface area contributed by atoms with Crippen LogP contribution in [-0.2, 0) is 16.1 Å². The lowest BCUT2D eigenvalue weighted by molar-refractivity contribution is -0.140. The Kier molecular flexibility index (Phi) is 6.30. The van der Waals surface area contributed by atoms with E-state index in [-0.39, 0.29) is 28.5 Å². The third-order valence-electron chi connectivity index (χ3n) is 5.27. The molecule has 1 aliphatic heterocycles. The highest BCUT2D eigenvalue weighted by Crippen LogP contribution is 2.44. The van der Waals surface area contributed by atoms with E-state index in [0.717, 1.165) is 16.0 Å². The van der Waals surface area contributed by atoms with Gasteiger partial charge in [0.05, 0.1) is 17.2 Å². The largest absolute Gasteiger partial charge is 0.507 e. The summed E-state index contributed by atoms with van der Waals surface area (Å²) in [5.41, 5.74) is 1.97. The van der Waals surface area contributed by atoms with E-state index in [4.69, 9.17) is 16.3 Å². The van der Waals surface area contributed by atoms with Crippen molar-refractivity contribution in [3.8, 4) is 5.75 Å². The van der Waals surface area contributed by atoms with Crippen LogP contribution in [0.25, 0.3) is 5.76 Å². The summed E-state index contributed by atoms with van der Waals surface area (Å²) in [6.45, 7) is 4.38. The van der Waals surface area contributed by atoms with E-state index in [1.54, 1.807) is 36.7 Å². The van der Waals surface area contributed by atoms with Crippen molar-refractivity contribution in [1.82, 2.24) is 9.88 Å². The Morgan fingerprint density at radius 1 is 1.28 bits per heavy atom. The summed E-state index contributed by atoms with van der Waals surface area (Å²) in [5, 5.41) is 13.4. The number of rotatable bonds is 6. The number of aliphatic hydroxyl groups excluding tert-OH is 1. The molecule has 0 bridgehead atoms. The summed E-state index contributed by atoms with van der Waals surface area (Å²) in [6.07, 6.45) is 3.30. The second kappa shape index (κ2) is 9.14. The summed E-state index contributed by atoms with van der Waals surface area (Å²) in [4.78, 5) is 32.6. The zero-order valence-electron chi connectivity index (χ0n) is 17.5. The first kappa shape index (κ1) is 22.0. The number of hydrogen-bond acceptors (Lipinski definition) is 6. The molecule has 32 heavy (non-hydrogen) atoms. The number of likely N-dealkylation sites (tertiary alicyclic amines) is 1. The van der Waals surface area contributed by atoms with Gasteiger partial charge in [-0.3, -0.25) is 14.6 Å². The standard InChI is InChI=1S/C24H21ClN2O4S/c1-3-31-16-6-7-18(25)17(11-16)21(28)19-20(23-14(2)8-10-32-23)27(24(30)22(19)29)13-15-5-4-9-26-12-15/h4-12,20,28H,3,13H2,1-2H3/b21-19+. The summed E-state index contributed by atoms with van der Waals surface area (Å²) < 4.78 is 5.52. The number of benzene rings is 1. The van der Waals surface area contributed by atoms with Crippen LogP contribution in [0, 0.1) is 6.92 Å². The number of nitrogens with zero attached hydrogens (tertiary/aromatic N) is 2. The molecular formula is C24H21ClN2O4S. The molecule has 0 saturated carbocycles. The van der Waals surface area contributed by atoms with Gasteiger partial charge in [0.1, 0.15) is 17.6 Å². The van der Waals surface area contributed by atoms with E-state index in [1.807, 2.05) is 31.4 Å². The van der Waals surface area contributed by atoms with Gasteiger partial charge >= 0.3 is 0 Å². The molecule has 1 fully saturated rings. The molecule has 1 aromatic carbocycles. The number of carbonyl (C=O) groups excluding carboxylic acids is 2. The monoisotopic (exact) mass is 468 g/mol. The molecule has 8 heteroatoms. The van der Waals surface area contributed by atoms with Crippen molar-refractivity contribution in [2.45, 2.75) is 26.4 Å². The molecule has 2 aromatic heterocycles. The van der Waals surface area contributed by atoms with Crippen LogP contribution in [0.5, 0.6) is 5.75 Å². The molecule has 6 nitrogen and oxygen atoms in total. The van der Waals surface area contributed by atoms with Crippen molar-refractivity contribution in [2.24, 2.45) is 0 Å². The molecule has 0 spiro atoms. The zero-order chi connectivity index (χ0) is 22.8. The minimum Gasteiger partial charge on any atom is -0.507 e. The van der Waals surface area contributed by atoms with Crippen molar-refractivity contribution >= 4 is 40.4 Å². The molecule has 1 unspecified atom stereocenters. The predicted molar refractivity (Wildman–Crippen MR) is 124 cm³/mol. The molecule has 0 aliphatic carbocycles. The Balaban J connectivity index is 1.88. The number of amides is 1. The molecule has 1 atom stereocenters. The summed E-state index contributed by atoms with van der Waals surface area (Å²) in [7, 11) is 0. The van der Waals surface area contributed by atoms with Crippen molar-refractivity contribution in [2.75, 3.05) is 6.61 Å². The maximum Gasteiger partial charge on any atom is 0.295 e. The number of carbonyl (C=O) groups is 2. The van der Waals surface area contributed by atoms with Crippen molar-refractivity contribution < 1.29 is 19.4 Å². The van der Waals surface area contributed by atoms with E-state index >= 15 is 0 Å². The number of aliphatic hydroxyl groups is 1. The van der Waals surface area contributed by atoms with Gasteiger partial charge < -0.3 is 14.7 Å². The van der Waals surface area contributed by atoms with Gasteiger partial charge in [-0.1, -0.05) is 17.7 Å². The second-order valence-corrected chi connectivity index (χ2v) is 8.69. The number of Topliss-reactive ketones (excluding diaryl/α,β-unsaturated/α-hetero) is 1. The van der Waals surface area contributed by atoms with E-state index in [1.165, 1.54) is 16.2 Å². The summed E-state index contributed by atoms with van der Waals surface area (Å²) in [5.74, 6) is -1.24. The Hall–Kier alpha value is -3.16. The Bertz CT molecular complexity index is 1210. The number of pyridine rings is 1. The SMILES string of the molecule is CCOc1ccc(Cl)c(/C(O)=C2\C(=O)C(=O)N(Cc3cccnc3)C2c2sccc2C)c1. The van der Waals surface area contributed by atoms with Crippen molar-refractivity contribution in [3.05, 3.63) is 86.3 Å². The van der Waals surface area contributed by atoms with Gasteiger partial charge in [-0.25, -0.2) is 0 Å². The van der Waals surface area contributed by atoms with Crippen LogP contribution in [0.4, 0.5) is 0 Å². The number of aryl methyl sites for hydroxylation is 1. The first-order valence-corrected chi connectivity index (χ1v) is 11.3. The number of thiophene rings is 1. The third kappa shape index (κ3) is 4.01. The minimum absolute atomic E-state index is 0.0139. The molecule has 1 amide bonds. The van der Waals surface area contributed by atoms with E-state index < -0.39 is 17.7 Å². The number of ether oxygens (including phenoxy) is 1. The van der Waals surface area contributed by atoms with E-state index in [0.29, 0.717) is 12.4 Å². The van der Waals surface area contributed by atoms with Crippen LogP contribution in [0.2, 0.25) is 5.02 Å². The molecule has 1 N–H and O–H groups in total. The first-order chi connectivity index (χ1) is 15.4. The fraction of sp³-hybridized carbons (Fsp3) is 0.208. The Morgan fingerprint density at radius 2 is 2.09 bits per heavy atom. The van der Waals surface area contributed by atoms with Gasteiger partial charge in [0.25, 0.3) is 11.7 Å². The molecule has 1 aliphatic rings. The van der Waals surface area contributed by atoms with Gasteiger partial charge in [-0.15, -0.1) is 11.3 Å². The van der Waals surface area contributed by atoms with Crippen molar-refractivity contribution in [3.63, 3.8) is 0 Å². The topological polar surface area (TPSA) is 79.7 Å². The number of aromatic nitrogens is 1. The lowest BCUT2D eigenvalue weighted by atomic mass is 9.98. The maximum absolute atomic E-state index is 13.2. The zero-order valence-corrected chi connectivity index (χ0v) is 19.1. The fourth-order valence-corrected chi connectivity index (χ4v) is 5.01. The highest BCUT2D eigenvalue weighted by Gasteiger charge is 2.47. The number of ketones is 1. The van der Waals surface area contributed by atoms with Crippen molar-refractivity contribution in [1.29, 1.82) is 0 Å². The summed E-state index contributed by atoms with van der Waals surface area (Å²) >= 11 is 7.79. The van der Waals surface area contributed by atoms with Crippen LogP contribution >= 0.6 is 22.9 Å². The Labute approximate surface area is 194 Å². The molecule has 1 saturated heterocycles. The van der Waals surface area contributed by atoms with Gasteiger partial charge in [-0.05, 0) is 60.7 Å². The fourth-order valence-electron chi connectivity index (χ4n) is 3.76. The molecule has 164 valence electrons. The van der Waals surface area contributed by atoms with Gasteiger partial charge in [0.2, 0.25) is 0 Å². The highest BCUT2D eigenvalue weighted by atomic mass is 35.5. The first-order valence-electron chi connectivity index (χ1n) is 10.1. The minimum atomic E-state index is -0.748. The Morgan fingerprint density at radius 3 is 2.75 bits per heavy atom. The van der Waals surface area contributed by atoms with Crippen LogP contribution in [0.15, 0.2) is 59.7 Å². The maximum atomic E-state index is 13.2. The van der Waals surface area contributed by atoms with Crippen LogP contribution in [-0.4, -0.2) is 33.3 Å². The quantitative estimate of drug-likeness (QED) is 0.308. The smallest absolute Gasteiger partial charge is 0.295 e. The third-order valence-corrected chi connectivity index (χ3v) is 6.67. The average Bonchev–Trinajstić information content (AvgIpc) is 3.31. The molecule has 0 radical (unpaired) electrons. The molecule has 4 rings (SSSR count). The number of halogens is 1. The lowest BCUT2D eigenvalue weighted by Gasteiger charge is -2.25. The van der Waals surface area contributed by atoms with E-state index in [9.17, 15) is 14.7 Å². The molecule has 3 aromatic rings. The average molecular weight is 469 g/mol. The van der Waals surface area contributed by atoms with Crippen LogP contribution in [0.1, 0.15) is 34.5 Å². The predicted octanol–water partition coefficient (Wildman–Crippen LogP) is 5.13. The lowest BCUT2D eigenvalue weighted by Crippen LogP contribution is -2.29. The second-order valence-electron chi connectivity index (χ2n) is 7.33. The van der Waals surface area contributed by atoms with Crippen LogP contribution < -0.4 is 4.74 Å². The van der Waals surface area contributed by atoms with Gasteiger partial charge in [0.15, 0.2) is 0 Å². The number of hydrogen-bond donors (Lipinski definition) is 1. The molecular weight excluding hydrogens is 448 g/mol. The molecule has 3 heterocycles. The highest BCUT2D eigenvalue weighted by molar-refractivity contribution is 7.10.